The number of amides is 1. The number of carbonyl (C=O) groups excluding carboxylic acids is 1. The molecule has 384 valence electrons. The van der Waals surface area contributed by atoms with E-state index in [0.717, 1.165) is 6.92 Å². The number of hydrogen-bond acceptors (Lipinski definition) is 26. The molecule has 0 bridgehead atoms. The van der Waals surface area contributed by atoms with E-state index in [0.29, 0.717) is 0 Å². The van der Waals surface area contributed by atoms with Crippen LogP contribution in [0.25, 0.3) is 0 Å². The maximum Gasteiger partial charge on any atom is 0.364 e. The summed E-state index contributed by atoms with van der Waals surface area (Å²) in [6, 6.07) is -1.71. The van der Waals surface area contributed by atoms with Crippen molar-refractivity contribution in [1.82, 2.24) is 5.32 Å². The summed E-state index contributed by atoms with van der Waals surface area (Å²) in [6.45, 7) is -0.294. The van der Waals surface area contributed by atoms with E-state index in [9.17, 15) is 86.2 Å². The van der Waals surface area contributed by atoms with Crippen LogP contribution in [0.3, 0.4) is 0 Å². The molecule has 0 aromatic heterocycles. The minimum Gasteiger partial charge on any atom is -0.477 e. The Labute approximate surface area is 376 Å². The van der Waals surface area contributed by atoms with E-state index < -0.39 is 210 Å². The molecule has 5 fully saturated rings. The third kappa shape index (κ3) is 11.4. The van der Waals surface area contributed by atoms with Gasteiger partial charge in [0.2, 0.25) is 5.91 Å². The molecule has 28 heteroatoms. The zero-order chi connectivity index (χ0) is 49.1. The monoisotopic (exact) mass is 967 g/mol. The highest BCUT2D eigenvalue weighted by atomic mass is 16.8. The summed E-state index contributed by atoms with van der Waals surface area (Å²) >= 11 is 0. The first-order valence-corrected chi connectivity index (χ1v) is 21.3. The van der Waals surface area contributed by atoms with Crippen LogP contribution in [0, 0.1) is 5.92 Å². The Hall–Kier alpha value is -2.02. The molecule has 5 aliphatic heterocycles. The van der Waals surface area contributed by atoms with E-state index in [1.165, 1.54) is 21.0 Å². The van der Waals surface area contributed by atoms with Gasteiger partial charge in [-0.2, -0.15) is 0 Å². The molecule has 5 rings (SSSR count). The fourth-order valence-corrected chi connectivity index (χ4v) is 8.67. The van der Waals surface area contributed by atoms with Crippen LogP contribution in [0.15, 0.2) is 0 Å². The number of carboxylic acids is 1. The van der Waals surface area contributed by atoms with Crippen LogP contribution >= 0.6 is 0 Å². The van der Waals surface area contributed by atoms with Gasteiger partial charge < -0.3 is 129 Å². The third-order valence-electron chi connectivity index (χ3n) is 12.5. The largest absolute Gasteiger partial charge is 0.477 e. The zero-order valence-corrected chi connectivity index (χ0v) is 36.3. The maximum atomic E-state index is 12.8. The number of methoxy groups -OCH3 is 1. The molecule has 28 nitrogen and oxygen atoms in total. The molecule has 0 spiro atoms. The number of hydrogen-bond donors (Lipinski definition) is 16. The van der Waals surface area contributed by atoms with Crippen LogP contribution in [0.2, 0.25) is 0 Å². The van der Waals surface area contributed by atoms with Gasteiger partial charge in [0.1, 0.15) is 110 Å². The average Bonchev–Trinajstić information content (AvgIpc) is 3.28. The lowest BCUT2D eigenvalue weighted by Gasteiger charge is -2.51. The Kier molecular flexibility index (Phi) is 19.4. The molecule has 0 radical (unpaired) electrons. The first-order valence-electron chi connectivity index (χ1n) is 21.3. The molecule has 5 aliphatic rings. The van der Waals surface area contributed by atoms with E-state index >= 15 is 0 Å². The summed E-state index contributed by atoms with van der Waals surface area (Å²) in [4.78, 5) is 25.4. The van der Waals surface area contributed by atoms with Crippen molar-refractivity contribution in [1.29, 1.82) is 0 Å². The number of carbonyl (C=O) groups is 2. The Morgan fingerprint density at radius 3 is 1.70 bits per heavy atom. The standard InChI is InChI=1S/C38H65NO27/c1-11-14(45)5-38(37(55)56,65-29(11)22(48)15(46)6-40)66-33-24(50)17(8-42)60-36(28(33)54)63-31-19(10-57-4)61-34(20(25(31)51)39-13(3)44)64-32-23(49)16(7-41)59-35(27(32)53)62-30-18(9-43)58-12(2)21(47)26(30)52/h11-12,14-36,40-43,45-54H,5-10H2,1-4H3,(H,39,44)(H,55,56)/t11-,12+,14-,15?,16?,17?,18?,19?,20?,21?,22?,23+,24+,25-,26-,27?,28?,29?,30-,31-,32+,33+,34+,35+,36+,38+/m1/s1. The van der Waals surface area contributed by atoms with Gasteiger partial charge in [-0.25, -0.2) is 4.79 Å². The second-order valence-corrected chi connectivity index (χ2v) is 17.1. The molecular formula is C38H65NO27. The van der Waals surface area contributed by atoms with Gasteiger partial charge in [-0.05, 0) is 6.92 Å². The van der Waals surface area contributed by atoms with Crippen molar-refractivity contribution in [2.24, 2.45) is 5.92 Å². The number of ether oxygens (including phenoxy) is 10. The second kappa shape index (κ2) is 23.3. The van der Waals surface area contributed by atoms with E-state index in [-0.39, 0.29) is 0 Å². The highest BCUT2D eigenvalue weighted by Gasteiger charge is 2.60. The Bertz CT molecular complexity index is 1550. The van der Waals surface area contributed by atoms with Crippen molar-refractivity contribution < 1.29 is 134 Å². The third-order valence-corrected chi connectivity index (χ3v) is 12.5. The minimum atomic E-state index is -2.98. The van der Waals surface area contributed by atoms with E-state index in [1.54, 1.807) is 0 Å². The van der Waals surface area contributed by atoms with Gasteiger partial charge in [0.15, 0.2) is 18.9 Å². The van der Waals surface area contributed by atoms with Gasteiger partial charge in [0.05, 0.1) is 51.3 Å². The molecule has 5 heterocycles. The summed E-state index contributed by atoms with van der Waals surface area (Å²) in [6.07, 6.45) is -41.5. The maximum absolute atomic E-state index is 12.8. The Morgan fingerprint density at radius 2 is 1.18 bits per heavy atom. The normalized spacial score (nSPS) is 47.8. The first kappa shape index (κ1) is 54.9. The first-order chi connectivity index (χ1) is 31.1. The van der Waals surface area contributed by atoms with Gasteiger partial charge in [0, 0.05) is 26.4 Å². The molecule has 66 heavy (non-hydrogen) atoms. The molecule has 11 unspecified atom stereocenters. The molecule has 5 saturated heterocycles. The van der Waals surface area contributed by atoms with Crippen LogP contribution in [-0.4, -0.2) is 281 Å². The molecule has 16 N–H and O–H groups in total. The Balaban J connectivity index is 1.41. The molecule has 26 atom stereocenters. The minimum absolute atomic E-state index is 0.481. The zero-order valence-electron chi connectivity index (χ0n) is 36.3. The van der Waals surface area contributed by atoms with Gasteiger partial charge >= 0.3 is 5.97 Å². The molecular weight excluding hydrogens is 902 g/mol. The van der Waals surface area contributed by atoms with Crippen LogP contribution in [0.4, 0.5) is 0 Å². The fourth-order valence-electron chi connectivity index (χ4n) is 8.67. The lowest BCUT2D eigenvalue weighted by atomic mass is 9.84. The Morgan fingerprint density at radius 1 is 0.667 bits per heavy atom. The topological polar surface area (TPSA) is 442 Å². The number of aliphatic hydroxyl groups is 14. The summed E-state index contributed by atoms with van der Waals surface area (Å²) in [5, 5.41) is 163. The molecule has 0 aliphatic carbocycles. The van der Waals surface area contributed by atoms with Crippen molar-refractivity contribution in [3.05, 3.63) is 0 Å². The van der Waals surface area contributed by atoms with Gasteiger partial charge in [-0.1, -0.05) is 6.92 Å². The highest BCUT2D eigenvalue weighted by Crippen LogP contribution is 2.41. The summed E-state index contributed by atoms with van der Waals surface area (Å²) < 4.78 is 57.2. The lowest BCUT2D eigenvalue weighted by molar-refractivity contribution is -0.390. The van der Waals surface area contributed by atoms with Gasteiger partial charge in [-0.15, -0.1) is 0 Å². The number of aliphatic carboxylic acids is 1. The van der Waals surface area contributed by atoms with E-state index in [4.69, 9.17) is 47.4 Å². The average molecular weight is 968 g/mol. The van der Waals surface area contributed by atoms with Crippen LogP contribution in [-0.2, 0) is 57.0 Å². The number of carboxylic acid groups (broad SMARTS) is 1. The highest BCUT2D eigenvalue weighted by molar-refractivity contribution is 5.76. The molecule has 0 saturated carbocycles. The molecule has 0 aromatic carbocycles. The predicted molar refractivity (Wildman–Crippen MR) is 207 cm³/mol. The summed E-state index contributed by atoms with van der Waals surface area (Å²) in [7, 11) is 1.20. The van der Waals surface area contributed by atoms with Crippen LogP contribution < -0.4 is 5.32 Å². The SMILES string of the molecule is COCC1O[C@@H](O[C@@H]2C(O)[C@H](O[C@@H]3C(CO)O[C@@H](C)C(O)[C@H]3O)OC(CO)[C@@H]2O)C(NC(C)=O)[C@@H](O)[C@@H]1O[C@@H]1OC(CO)[C@H](O)[C@H](O[C@]2(C(=O)O)C[C@@H](O)[C@@H](C)C(C(O)C(O)CO)O2)C1O. The van der Waals surface area contributed by atoms with E-state index in [1.807, 2.05) is 0 Å². The lowest BCUT2D eigenvalue weighted by Crippen LogP contribution is -2.70. The van der Waals surface area contributed by atoms with Crippen LogP contribution in [0.5, 0.6) is 0 Å². The van der Waals surface area contributed by atoms with Gasteiger partial charge in [0.25, 0.3) is 5.79 Å². The van der Waals surface area contributed by atoms with Crippen molar-refractivity contribution >= 4 is 11.9 Å². The quantitative estimate of drug-likeness (QED) is 0.0606. The molecule has 0 aromatic rings. The number of aliphatic hydroxyl groups excluding tert-OH is 14. The summed E-state index contributed by atoms with van der Waals surface area (Å²) in [5.74, 6) is -6.77. The van der Waals surface area contributed by atoms with Crippen molar-refractivity contribution in [3.63, 3.8) is 0 Å². The summed E-state index contributed by atoms with van der Waals surface area (Å²) in [5.41, 5.74) is 0. The van der Waals surface area contributed by atoms with Crippen molar-refractivity contribution in [3.8, 4) is 0 Å². The van der Waals surface area contributed by atoms with Crippen molar-refractivity contribution in [2.75, 3.05) is 40.1 Å². The van der Waals surface area contributed by atoms with Crippen molar-refractivity contribution in [2.45, 2.75) is 180 Å². The predicted octanol–water partition coefficient (Wildman–Crippen LogP) is -9.58. The van der Waals surface area contributed by atoms with Crippen LogP contribution in [0.1, 0.15) is 27.2 Å². The van der Waals surface area contributed by atoms with Gasteiger partial charge in [-0.3, -0.25) is 4.79 Å². The number of rotatable bonds is 18. The smallest absolute Gasteiger partial charge is 0.364 e. The second-order valence-electron chi connectivity index (χ2n) is 17.1. The van der Waals surface area contributed by atoms with E-state index in [2.05, 4.69) is 5.32 Å². The fraction of sp³-hybridized carbons (Fsp3) is 0.947. The molecule has 1 amide bonds. The number of nitrogens with one attached hydrogen (secondary N) is 1.